The first kappa shape index (κ1) is 11.7. The molecule has 1 heterocycles. The molecule has 0 aromatic heterocycles. The molecule has 2 aliphatic rings. The van der Waals surface area contributed by atoms with E-state index in [2.05, 4.69) is 29.6 Å². The van der Waals surface area contributed by atoms with Gasteiger partial charge in [0, 0.05) is 6.54 Å². The lowest BCUT2D eigenvalue weighted by atomic mass is 9.91. The second-order valence-corrected chi connectivity index (χ2v) is 5.39. The average Bonchev–Trinajstić information content (AvgIpc) is 3.05. The minimum Gasteiger partial charge on any atom is -0.468 e. The van der Waals surface area contributed by atoms with Gasteiger partial charge >= 0.3 is 5.97 Å². The van der Waals surface area contributed by atoms with E-state index in [-0.39, 0.29) is 11.4 Å². The summed E-state index contributed by atoms with van der Waals surface area (Å²) in [6.07, 6.45) is 3.05. The summed E-state index contributed by atoms with van der Waals surface area (Å²) < 4.78 is 4.91. The van der Waals surface area contributed by atoms with Crippen LogP contribution in [0, 0.1) is 0 Å². The summed E-state index contributed by atoms with van der Waals surface area (Å²) >= 11 is 0. The van der Waals surface area contributed by atoms with Crippen molar-refractivity contribution >= 4 is 5.97 Å². The standard InChI is InChI=1S/C15H19NO2/c1-18-14(17)15(7-8-15)13-4-2-11(3-5-13)12-6-9-16-10-12/h2-5,12,16H,6-10H2,1H3. The molecule has 3 rings (SSSR count). The topological polar surface area (TPSA) is 38.3 Å². The van der Waals surface area contributed by atoms with E-state index in [4.69, 9.17) is 4.74 Å². The van der Waals surface area contributed by atoms with Gasteiger partial charge in [0.15, 0.2) is 0 Å². The molecule has 3 heteroatoms. The lowest BCUT2D eigenvalue weighted by molar-refractivity contribution is -0.143. The lowest BCUT2D eigenvalue weighted by Gasteiger charge is -2.15. The maximum Gasteiger partial charge on any atom is 0.316 e. The Morgan fingerprint density at radius 3 is 2.56 bits per heavy atom. The summed E-state index contributed by atoms with van der Waals surface area (Å²) in [7, 11) is 1.47. The molecule has 1 saturated heterocycles. The third-order valence-corrected chi connectivity index (χ3v) is 4.32. The van der Waals surface area contributed by atoms with Crippen molar-refractivity contribution < 1.29 is 9.53 Å². The maximum absolute atomic E-state index is 11.8. The molecule has 1 aliphatic carbocycles. The van der Waals surface area contributed by atoms with Crippen molar-refractivity contribution in [1.29, 1.82) is 0 Å². The smallest absolute Gasteiger partial charge is 0.316 e. The van der Waals surface area contributed by atoms with Gasteiger partial charge in [0.2, 0.25) is 0 Å². The first-order valence-corrected chi connectivity index (χ1v) is 6.66. The number of hydrogen-bond donors (Lipinski definition) is 1. The largest absolute Gasteiger partial charge is 0.468 e. The van der Waals surface area contributed by atoms with E-state index in [9.17, 15) is 4.79 Å². The van der Waals surface area contributed by atoms with E-state index in [0.717, 1.165) is 31.5 Å². The van der Waals surface area contributed by atoms with Crippen molar-refractivity contribution in [3.63, 3.8) is 0 Å². The van der Waals surface area contributed by atoms with Crippen LogP contribution in [0.2, 0.25) is 0 Å². The SMILES string of the molecule is COC(=O)C1(c2ccc(C3CCNC3)cc2)CC1. The zero-order valence-corrected chi connectivity index (χ0v) is 10.7. The lowest BCUT2D eigenvalue weighted by Crippen LogP contribution is -2.21. The quantitative estimate of drug-likeness (QED) is 0.827. The van der Waals surface area contributed by atoms with Gasteiger partial charge in [-0.25, -0.2) is 0 Å². The fourth-order valence-corrected chi connectivity index (χ4v) is 2.94. The molecule has 18 heavy (non-hydrogen) atoms. The van der Waals surface area contributed by atoms with E-state index >= 15 is 0 Å². The number of ether oxygens (including phenoxy) is 1. The highest BCUT2D eigenvalue weighted by molar-refractivity contribution is 5.86. The Labute approximate surface area is 108 Å². The number of esters is 1. The summed E-state index contributed by atoms with van der Waals surface area (Å²) in [5.74, 6) is 0.546. The van der Waals surface area contributed by atoms with Crippen LogP contribution in [0.4, 0.5) is 0 Å². The second kappa shape index (κ2) is 4.39. The highest BCUT2D eigenvalue weighted by atomic mass is 16.5. The van der Waals surface area contributed by atoms with Crippen LogP contribution in [-0.2, 0) is 14.9 Å². The molecule has 1 N–H and O–H groups in total. The van der Waals surface area contributed by atoms with E-state index < -0.39 is 0 Å². The van der Waals surface area contributed by atoms with Crippen LogP contribution >= 0.6 is 0 Å². The predicted octanol–water partition coefficient (Wildman–Crippen LogP) is 1.97. The molecule has 1 saturated carbocycles. The summed E-state index contributed by atoms with van der Waals surface area (Å²) in [5.41, 5.74) is 2.16. The fourth-order valence-electron chi connectivity index (χ4n) is 2.94. The highest BCUT2D eigenvalue weighted by Gasteiger charge is 2.52. The van der Waals surface area contributed by atoms with Crippen molar-refractivity contribution in [3.8, 4) is 0 Å². The zero-order valence-electron chi connectivity index (χ0n) is 10.7. The predicted molar refractivity (Wildman–Crippen MR) is 69.6 cm³/mol. The Hall–Kier alpha value is -1.35. The second-order valence-electron chi connectivity index (χ2n) is 5.39. The van der Waals surface area contributed by atoms with Crippen LogP contribution < -0.4 is 5.32 Å². The molecule has 1 aromatic carbocycles. The van der Waals surface area contributed by atoms with Gasteiger partial charge in [-0.15, -0.1) is 0 Å². The van der Waals surface area contributed by atoms with E-state index in [0.29, 0.717) is 5.92 Å². The molecule has 1 aromatic rings. The number of benzene rings is 1. The van der Waals surface area contributed by atoms with Gasteiger partial charge < -0.3 is 10.1 Å². The van der Waals surface area contributed by atoms with Crippen molar-refractivity contribution in [2.24, 2.45) is 0 Å². The van der Waals surface area contributed by atoms with Crippen LogP contribution in [0.25, 0.3) is 0 Å². The van der Waals surface area contributed by atoms with Gasteiger partial charge in [0.25, 0.3) is 0 Å². The summed E-state index contributed by atoms with van der Waals surface area (Å²) in [4.78, 5) is 11.8. The van der Waals surface area contributed by atoms with Gasteiger partial charge in [-0.1, -0.05) is 24.3 Å². The van der Waals surface area contributed by atoms with Gasteiger partial charge in [0.1, 0.15) is 0 Å². The number of hydrogen-bond acceptors (Lipinski definition) is 3. The number of methoxy groups -OCH3 is 1. The van der Waals surface area contributed by atoms with Crippen molar-refractivity contribution in [3.05, 3.63) is 35.4 Å². The molecule has 96 valence electrons. The monoisotopic (exact) mass is 245 g/mol. The van der Waals surface area contributed by atoms with E-state index in [1.54, 1.807) is 0 Å². The first-order valence-electron chi connectivity index (χ1n) is 6.66. The maximum atomic E-state index is 11.8. The van der Waals surface area contributed by atoms with E-state index in [1.165, 1.54) is 19.1 Å². The van der Waals surface area contributed by atoms with Crippen molar-refractivity contribution in [2.45, 2.75) is 30.6 Å². The number of carbonyl (C=O) groups excluding carboxylic acids is 1. The van der Waals surface area contributed by atoms with Crippen LogP contribution in [0.5, 0.6) is 0 Å². The first-order chi connectivity index (χ1) is 8.76. The van der Waals surface area contributed by atoms with Crippen molar-refractivity contribution in [2.75, 3.05) is 20.2 Å². The molecular formula is C15H19NO2. The fraction of sp³-hybridized carbons (Fsp3) is 0.533. The molecule has 0 spiro atoms. The Kier molecular flexibility index (Phi) is 2.86. The van der Waals surface area contributed by atoms with Gasteiger partial charge in [0.05, 0.1) is 12.5 Å². The summed E-state index contributed by atoms with van der Waals surface area (Å²) in [6, 6.07) is 8.57. The van der Waals surface area contributed by atoms with Crippen LogP contribution in [0.1, 0.15) is 36.3 Å². The molecule has 0 amide bonds. The zero-order chi connectivity index (χ0) is 12.6. The van der Waals surface area contributed by atoms with E-state index in [1.807, 2.05) is 0 Å². The minimum atomic E-state index is -0.332. The summed E-state index contributed by atoms with van der Waals surface area (Å²) in [6.45, 7) is 2.18. The van der Waals surface area contributed by atoms with Gasteiger partial charge in [-0.2, -0.15) is 0 Å². The number of rotatable bonds is 3. The molecule has 1 aliphatic heterocycles. The third kappa shape index (κ3) is 1.83. The minimum absolute atomic E-state index is 0.0854. The van der Waals surface area contributed by atoms with Crippen molar-refractivity contribution in [1.82, 2.24) is 5.32 Å². The number of carbonyl (C=O) groups is 1. The normalized spacial score (nSPS) is 24.8. The molecule has 0 radical (unpaired) electrons. The Balaban J connectivity index is 1.81. The molecule has 3 nitrogen and oxygen atoms in total. The Bertz CT molecular complexity index is 442. The molecule has 0 bridgehead atoms. The van der Waals surface area contributed by atoms with Gasteiger partial charge in [-0.05, 0) is 42.9 Å². The molecular weight excluding hydrogens is 226 g/mol. The number of nitrogens with one attached hydrogen (secondary N) is 1. The molecule has 1 unspecified atom stereocenters. The Morgan fingerprint density at radius 2 is 2.06 bits per heavy atom. The Morgan fingerprint density at radius 1 is 1.33 bits per heavy atom. The van der Waals surface area contributed by atoms with Gasteiger partial charge in [-0.3, -0.25) is 4.79 Å². The van der Waals surface area contributed by atoms with Crippen LogP contribution in [-0.4, -0.2) is 26.2 Å². The summed E-state index contributed by atoms with van der Waals surface area (Å²) in [5, 5.41) is 3.38. The third-order valence-electron chi connectivity index (χ3n) is 4.32. The molecule has 1 atom stereocenters. The highest BCUT2D eigenvalue weighted by Crippen LogP contribution is 2.49. The van der Waals surface area contributed by atoms with Crippen LogP contribution in [0.3, 0.4) is 0 Å². The molecule has 2 fully saturated rings. The van der Waals surface area contributed by atoms with Crippen LogP contribution in [0.15, 0.2) is 24.3 Å². The average molecular weight is 245 g/mol.